The first-order chi connectivity index (χ1) is 9.49. The number of halogens is 1. The SMILES string of the molecule is CCCOc1c(CCC(=O)OC)cc(Cl)cc1C(C)C. The lowest BCUT2D eigenvalue weighted by Crippen LogP contribution is -2.07. The Morgan fingerprint density at radius 2 is 2.05 bits per heavy atom. The molecule has 0 amide bonds. The van der Waals surface area contributed by atoms with Gasteiger partial charge in [-0.25, -0.2) is 0 Å². The molecule has 0 aromatic heterocycles. The van der Waals surface area contributed by atoms with Crippen molar-refractivity contribution in [3.8, 4) is 5.75 Å². The molecular weight excluding hydrogens is 276 g/mol. The zero-order valence-corrected chi connectivity index (χ0v) is 13.4. The van der Waals surface area contributed by atoms with Crippen LogP contribution in [0.25, 0.3) is 0 Å². The molecule has 0 aliphatic carbocycles. The molecule has 0 unspecified atom stereocenters. The van der Waals surface area contributed by atoms with Crippen LogP contribution in [0.15, 0.2) is 12.1 Å². The molecule has 0 radical (unpaired) electrons. The van der Waals surface area contributed by atoms with Crippen LogP contribution in [0.5, 0.6) is 5.75 Å². The van der Waals surface area contributed by atoms with Crippen LogP contribution in [0.1, 0.15) is 50.7 Å². The van der Waals surface area contributed by atoms with Crippen molar-refractivity contribution in [3.05, 3.63) is 28.3 Å². The predicted octanol–water partition coefficient (Wildman–Crippen LogP) is 4.36. The molecule has 20 heavy (non-hydrogen) atoms. The number of hydrogen-bond donors (Lipinski definition) is 0. The average molecular weight is 299 g/mol. The summed E-state index contributed by atoms with van der Waals surface area (Å²) in [5.41, 5.74) is 2.06. The van der Waals surface area contributed by atoms with E-state index in [1.54, 1.807) is 0 Å². The highest BCUT2D eigenvalue weighted by atomic mass is 35.5. The Balaban J connectivity index is 3.07. The van der Waals surface area contributed by atoms with Crippen LogP contribution in [-0.4, -0.2) is 19.7 Å². The van der Waals surface area contributed by atoms with E-state index in [1.807, 2.05) is 12.1 Å². The molecule has 0 N–H and O–H groups in total. The van der Waals surface area contributed by atoms with Gasteiger partial charge in [0.05, 0.1) is 13.7 Å². The monoisotopic (exact) mass is 298 g/mol. The first kappa shape index (κ1) is 16.8. The molecule has 0 aliphatic rings. The van der Waals surface area contributed by atoms with Gasteiger partial charge in [-0.3, -0.25) is 4.79 Å². The fourth-order valence-corrected chi connectivity index (χ4v) is 2.26. The highest BCUT2D eigenvalue weighted by Gasteiger charge is 2.15. The summed E-state index contributed by atoms with van der Waals surface area (Å²) in [6.07, 6.45) is 1.85. The molecule has 1 rings (SSSR count). The van der Waals surface area contributed by atoms with Crippen molar-refractivity contribution in [1.29, 1.82) is 0 Å². The van der Waals surface area contributed by atoms with E-state index < -0.39 is 0 Å². The molecule has 0 bridgehead atoms. The van der Waals surface area contributed by atoms with E-state index in [1.165, 1.54) is 7.11 Å². The van der Waals surface area contributed by atoms with E-state index in [0.717, 1.165) is 23.3 Å². The van der Waals surface area contributed by atoms with Gasteiger partial charge >= 0.3 is 5.97 Å². The maximum absolute atomic E-state index is 11.3. The Morgan fingerprint density at radius 1 is 1.35 bits per heavy atom. The highest BCUT2D eigenvalue weighted by Crippen LogP contribution is 2.34. The number of ether oxygens (including phenoxy) is 2. The van der Waals surface area contributed by atoms with Crippen LogP contribution in [-0.2, 0) is 16.0 Å². The summed E-state index contributed by atoms with van der Waals surface area (Å²) in [4.78, 5) is 11.3. The van der Waals surface area contributed by atoms with E-state index >= 15 is 0 Å². The molecular formula is C16H23ClO3. The molecule has 0 saturated carbocycles. The van der Waals surface area contributed by atoms with Crippen LogP contribution in [0.2, 0.25) is 5.02 Å². The van der Waals surface area contributed by atoms with Crippen LogP contribution in [0.4, 0.5) is 0 Å². The van der Waals surface area contributed by atoms with Crippen LogP contribution < -0.4 is 4.74 Å². The summed E-state index contributed by atoms with van der Waals surface area (Å²) in [6, 6.07) is 3.82. The zero-order chi connectivity index (χ0) is 15.1. The third-order valence-electron chi connectivity index (χ3n) is 3.06. The second-order valence-corrected chi connectivity index (χ2v) is 5.50. The number of carbonyl (C=O) groups excluding carboxylic acids is 1. The summed E-state index contributed by atoms with van der Waals surface area (Å²) in [5, 5.41) is 0.678. The third kappa shape index (κ3) is 4.71. The minimum atomic E-state index is -0.225. The van der Waals surface area contributed by atoms with Crippen molar-refractivity contribution in [1.82, 2.24) is 0 Å². The van der Waals surface area contributed by atoms with E-state index in [4.69, 9.17) is 16.3 Å². The van der Waals surface area contributed by atoms with E-state index in [0.29, 0.717) is 30.4 Å². The van der Waals surface area contributed by atoms with Gasteiger partial charge in [-0.05, 0) is 42.0 Å². The Morgan fingerprint density at radius 3 is 2.60 bits per heavy atom. The normalized spacial score (nSPS) is 10.7. The van der Waals surface area contributed by atoms with E-state index in [-0.39, 0.29) is 5.97 Å². The number of rotatable bonds is 7. The van der Waals surface area contributed by atoms with Crippen molar-refractivity contribution < 1.29 is 14.3 Å². The largest absolute Gasteiger partial charge is 0.493 e. The molecule has 4 heteroatoms. The van der Waals surface area contributed by atoms with Gasteiger partial charge in [0, 0.05) is 11.4 Å². The molecule has 1 aromatic rings. The van der Waals surface area contributed by atoms with Crippen molar-refractivity contribution >= 4 is 17.6 Å². The Bertz CT molecular complexity index is 455. The molecule has 0 aliphatic heterocycles. The van der Waals surface area contributed by atoms with Gasteiger partial charge < -0.3 is 9.47 Å². The summed E-state index contributed by atoms with van der Waals surface area (Å²) < 4.78 is 10.6. The van der Waals surface area contributed by atoms with Crippen LogP contribution in [0.3, 0.4) is 0 Å². The second kappa shape index (κ2) is 8.15. The summed E-state index contributed by atoms with van der Waals surface area (Å²) in [5.74, 6) is 0.963. The molecule has 1 aromatic carbocycles. The molecule has 0 fully saturated rings. The molecule has 0 saturated heterocycles. The second-order valence-electron chi connectivity index (χ2n) is 5.06. The molecule has 3 nitrogen and oxygen atoms in total. The highest BCUT2D eigenvalue weighted by molar-refractivity contribution is 6.30. The quantitative estimate of drug-likeness (QED) is 0.702. The van der Waals surface area contributed by atoms with E-state index in [9.17, 15) is 4.79 Å². The number of esters is 1. The molecule has 0 heterocycles. The Kier molecular flexibility index (Phi) is 6.86. The van der Waals surface area contributed by atoms with Gasteiger partial charge in [0.1, 0.15) is 5.75 Å². The molecule has 0 spiro atoms. The van der Waals surface area contributed by atoms with Gasteiger partial charge in [0.15, 0.2) is 0 Å². The molecule has 112 valence electrons. The van der Waals surface area contributed by atoms with Crippen LogP contribution in [0, 0.1) is 0 Å². The fraction of sp³-hybridized carbons (Fsp3) is 0.562. The molecule has 0 atom stereocenters. The minimum absolute atomic E-state index is 0.225. The van der Waals surface area contributed by atoms with Crippen molar-refractivity contribution in [2.45, 2.75) is 46.0 Å². The van der Waals surface area contributed by atoms with Gasteiger partial charge in [-0.15, -0.1) is 0 Å². The van der Waals surface area contributed by atoms with E-state index in [2.05, 4.69) is 25.5 Å². The van der Waals surface area contributed by atoms with Gasteiger partial charge in [-0.1, -0.05) is 32.4 Å². The average Bonchev–Trinajstić information content (AvgIpc) is 2.42. The number of benzene rings is 1. The van der Waals surface area contributed by atoms with Crippen molar-refractivity contribution in [3.63, 3.8) is 0 Å². The number of methoxy groups -OCH3 is 1. The smallest absolute Gasteiger partial charge is 0.305 e. The van der Waals surface area contributed by atoms with Crippen molar-refractivity contribution in [2.24, 2.45) is 0 Å². The maximum Gasteiger partial charge on any atom is 0.305 e. The predicted molar refractivity (Wildman–Crippen MR) is 81.7 cm³/mol. The first-order valence-corrected chi connectivity index (χ1v) is 7.39. The lowest BCUT2D eigenvalue weighted by atomic mass is 9.97. The van der Waals surface area contributed by atoms with Crippen LogP contribution >= 0.6 is 11.6 Å². The number of aryl methyl sites for hydroxylation is 1. The summed E-state index contributed by atoms with van der Waals surface area (Å²) in [6.45, 7) is 6.94. The number of hydrogen-bond acceptors (Lipinski definition) is 3. The lowest BCUT2D eigenvalue weighted by molar-refractivity contribution is -0.140. The minimum Gasteiger partial charge on any atom is -0.493 e. The zero-order valence-electron chi connectivity index (χ0n) is 12.7. The topological polar surface area (TPSA) is 35.5 Å². The van der Waals surface area contributed by atoms with Crippen molar-refractivity contribution in [2.75, 3.05) is 13.7 Å². The Labute approximate surface area is 126 Å². The third-order valence-corrected chi connectivity index (χ3v) is 3.28. The van der Waals surface area contributed by atoms with Gasteiger partial charge in [-0.2, -0.15) is 0 Å². The summed E-state index contributed by atoms with van der Waals surface area (Å²) in [7, 11) is 1.40. The van der Waals surface area contributed by atoms with Gasteiger partial charge in [0.25, 0.3) is 0 Å². The Hall–Kier alpha value is -1.22. The fourth-order valence-electron chi connectivity index (χ4n) is 2.01. The standard InChI is InChI=1S/C16H23ClO3/c1-5-8-20-16-12(6-7-15(18)19-4)9-13(17)10-14(16)11(2)3/h9-11H,5-8H2,1-4H3. The summed E-state index contributed by atoms with van der Waals surface area (Å²) >= 11 is 6.18. The maximum atomic E-state index is 11.3. The first-order valence-electron chi connectivity index (χ1n) is 7.01. The number of carbonyl (C=O) groups is 1. The lowest BCUT2D eigenvalue weighted by Gasteiger charge is -2.18. The van der Waals surface area contributed by atoms with Gasteiger partial charge in [0.2, 0.25) is 0 Å².